The molecule has 0 radical (unpaired) electrons. The smallest absolute Gasteiger partial charge is 0.159 e. The molecule has 2 heterocycles. The van der Waals surface area contributed by atoms with Crippen molar-refractivity contribution in [2.75, 3.05) is 13.2 Å². The molecule has 0 aliphatic carbocycles. The van der Waals surface area contributed by atoms with E-state index in [0.29, 0.717) is 47.5 Å². The second kappa shape index (κ2) is 25.4. The highest BCUT2D eigenvalue weighted by atomic mass is 28.3. The van der Waals surface area contributed by atoms with Gasteiger partial charge in [-0.25, -0.2) is 19.9 Å². The number of hydrogen-bond acceptors (Lipinski definition) is 6. The number of nitrogens with zero attached hydrogens (tertiary/aromatic N) is 4. The third kappa shape index (κ3) is 17.7. The lowest BCUT2D eigenvalue weighted by atomic mass is 10.1. The monoisotopic (exact) mass is 882 g/mol. The highest BCUT2D eigenvalue weighted by molar-refractivity contribution is 6.84. The maximum absolute atomic E-state index is 6.49. The average Bonchev–Trinajstić information content (AvgIpc) is 3.29. The van der Waals surface area contributed by atoms with E-state index in [0.717, 1.165) is 59.1 Å². The standard InChI is InChI=1S/C56H66N4O2Si2/c1-9-11-13-15-17-19-35-61-53-39-52(32-26-48-43-59-56(60-44-48)50-29-23-46(24-30-50)34-38-64(6,7)8)54(62-36-20-18-16-14-12-10-2)40-51(53)31-25-47-41-57-55(58-42-47)49-27-21-45(22-28-49)33-37-63(3,4)5/h21-24,27-30,39-44H,9-20,35-36H2,1-8H3. The molecule has 0 N–H and O–H groups in total. The van der Waals surface area contributed by atoms with Gasteiger partial charge in [-0.15, -0.1) is 11.1 Å². The van der Waals surface area contributed by atoms with Crippen LogP contribution in [0.3, 0.4) is 0 Å². The lowest BCUT2D eigenvalue weighted by Gasteiger charge is -2.14. The van der Waals surface area contributed by atoms with Gasteiger partial charge in [0, 0.05) is 59.2 Å². The number of unbranched alkanes of at least 4 members (excludes halogenated alkanes) is 10. The van der Waals surface area contributed by atoms with Gasteiger partial charge in [0.1, 0.15) is 27.6 Å². The van der Waals surface area contributed by atoms with E-state index >= 15 is 0 Å². The Morgan fingerprint density at radius 1 is 0.406 bits per heavy atom. The first-order valence-electron chi connectivity index (χ1n) is 23.3. The number of ether oxygens (including phenoxy) is 2. The van der Waals surface area contributed by atoms with E-state index in [-0.39, 0.29) is 0 Å². The fourth-order valence-electron chi connectivity index (χ4n) is 6.41. The molecule has 0 bridgehead atoms. The minimum absolute atomic E-state index is 0.590. The molecule has 0 atom stereocenters. The molecule has 0 aliphatic rings. The zero-order valence-electron chi connectivity index (χ0n) is 39.6. The maximum Gasteiger partial charge on any atom is 0.159 e. The van der Waals surface area contributed by atoms with E-state index in [4.69, 9.17) is 9.47 Å². The van der Waals surface area contributed by atoms with Gasteiger partial charge in [-0.05, 0) is 61.4 Å². The largest absolute Gasteiger partial charge is 0.492 e. The van der Waals surface area contributed by atoms with Crippen molar-refractivity contribution >= 4 is 16.1 Å². The van der Waals surface area contributed by atoms with Crippen LogP contribution in [0.5, 0.6) is 11.5 Å². The Hall–Kier alpha value is -5.91. The molecule has 5 aromatic rings. The van der Waals surface area contributed by atoms with Crippen LogP contribution in [-0.2, 0) is 0 Å². The first-order valence-corrected chi connectivity index (χ1v) is 30.3. The lowest BCUT2D eigenvalue weighted by Crippen LogP contribution is -2.16. The van der Waals surface area contributed by atoms with Crippen LogP contribution in [0.25, 0.3) is 22.8 Å². The molecule has 0 spiro atoms. The van der Waals surface area contributed by atoms with Crippen LogP contribution in [0.4, 0.5) is 0 Å². The Morgan fingerprint density at radius 3 is 1.09 bits per heavy atom. The second-order valence-electron chi connectivity index (χ2n) is 18.3. The van der Waals surface area contributed by atoms with Gasteiger partial charge in [-0.3, -0.25) is 0 Å². The van der Waals surface area contributed by atoms with Gasteiger partial charge in [0.25, 0.3) is 0 Å². The van der Waals surface area contributed by atoms with Gasteiger partial charge in [-0.1, -0.05) is 153 Å². The van der Waals surface area contributed by atoms with Crippen molar-refractivity contribution in [1.29, 1.82) is 0 Å². The molecule has 3 aromatic carbocycles. The maximum atomic E-state index is 6.49. The summed E-state index contributed by atoms with van der Waals surface area (Å²) in [5, 5.41) is 0. The molecule has 5 rings (SSSR count). The van der Waals surface area contributed by atoms with E-state index in [9.17, 15) is 0 Å². The summed E-state index contributed by atoms with van der Waals surface area (Å²) in [7, 11) is -2.91. The summed E-state index contributed by atoms with van der Waals surface area (Å²) >= 11 is 0. The van der Waals surface area contributed by atoms with Gasteiger partial charge in [0.2, 0.25) is 0 Å². The molecule has 0 amide bonds. The van der Waals surface area contributed by atoms with Crippen molar-refractivity contribution < 1.29 is 9.47 Å². The zero-order valence-corrected chi connectivity index (χ0v) is 41.6. The molecule has 2 aromatic heterocycles. The van der Waals surface area contributed by atoms with Gasteiger partial charge in [-0.2, -0.15) is 0 Å². The normalized spacial score (nSPS) is 10.9. The first-order chi connectivity index (χ1) is 30.9. The fraction of sp³-hybridized carbons (Fsp3) is 0.393. The average molecular weight is 883 g/mol. The highest BCUT2D eigenvalue weighted by Crippen LogP contribution is 2.30. The van der Waals surface area contributed by atoms with Crippen molar-refractivity contribution in [3.8, 4) is 80.9 Å². The molecule has 0 fully saturated rings. The van der Waals surface area contributed by atoms with Crippen LogP contribution >= 0.6 is 0 Å². The minimum atomic E-state index is -1.45. The number of aromatic nitrogens is 4. The molecular weight excluding hydrogens is 817 g/mol. The summed E-state index contributed by atoms with van der Waals surface area (Å²) in [6, 6.07) is 20.2. The topological polar surface area (TPSA) is 70.0 Å². The summed E-state index contributed by atoms with van der Waals surface area (Å²) < 4.78 is 13.0. The molecule has 8 heteroatoms. The van der Waals surface area contributed by atoms with Gasteiger partial charge in [0.15, 0.2) is 11.6 Å². The SMILES string of the molecule is CCCCCCCCOc1cc(C#Cc2cnc(-c3ccc(C#C[Si](C)(C)C)cc3)nc2)c(OCCCCCCCC)cc1C#Cc1cnc(-c2ccc(C#C[Si](C)(C)C)cc2)nc1. The summed E-state index contributed by atoms with van der Waals surface area (Å²) in [6.45, 7) is 19.1. The van der Waals surface area contributed by atoms with Crippen molar-refractivity contribution in [2.24, 2.45) is 0 Å². The Morgan fingerprint density at radius 2 is 0.750 bits per heavy atom. The molecule has 0 saturated heterocycles. The number of rotatable bonds is 18. The van der Waals surface area contributed by atoms with Crippen LogP contribution < -0.4 is 9.47 Å². The van der Waals surface area contributed by atoms with Crippen LogP contribution in [0.15, 0.2) is 85.5 Å². The Balaban J connectivity index is 1.41. The van der Waals surface area contributed by atoms with Gasteiger partial charge >= 0.3 is 0 Å². The lowest BCUT2D eigenvalue weighted by molar-refractivity contribution is 0.295. The Kier molecular flexibility index (Phi) is 19.5. The van der Waals surface area contributed by atoms with Crippen molar-refractivity contribution in [3.05, 3.63) is 119 Å². The third-order valence-electron chi connectivity index (χ3n) is 10.0. The summed E-state index contributed by atoms with van der Waals surface area (Å²) in [6.07, 6.45) is 21.2. The van der Waals surface area contributed by atoms with Gasteiger partial charge < -0.3 is 9.47 Å². The summed E-state index contributed by atoms with van der Waals surface area (Å²) in [4.78, 5) is 18.6. The van der Waals surface area contributed by atoms with Crippen LogP contribution in [0, 0.1) is 46.6 Å². The minimum Gasteiger partial charge on any atom is -0.492 e. The molecular formula is C56H66N4O2Si2. The van der Waals surface area contributed by atoms with Crippen LogP contribution in [0.1, 0.15) is 124 Å². The predicted molar refractivity (Wildman–Crippen MR) is 272 cm³/mol. The van der Waals surface area contributed by atoms with Gasteiger partial charge in [0.05, 0.1) is 35.5 Å². The zero-order chi connectivity index (χ0) is 45.6. The molecule has 6 nitrogen and oxygen atoms in total. The van der Waals surface area contributed by atoms with E-state index in [1.54, 1.807) is 24.8 Å². The summed E-state index contributed by atoms with van der Waals surface area (Å²) in [5.74, 6) is 22.6. The number of hydrogen-bond donors (Lipinski definition) is 0. The first kappa shape index (κ1) is 49.1. The molecule has 0 saturated carbocycles. The van der Waals surface area contributed by atoms with Crippen LogP contribution in [-0.4, -0.2) is 49.3 Å². The quantitative estimate of drug-likeness (QED) is 0.0496. The van der Waals surface area contributed by atoms with Crippen molar-refractivity contribution in [3.63, 3.8) is 0 Å². The second-order valence-corrected chi connectivity index (χ2v) is 27.8. The molecule has 330 valence electrons. The molecule has 0 unspecified atom stereocenters. The van der Waals surface area contributed by atoms with Crippen LogP contribution in [0.2, 0.25) is 39.3 Å². The van der Waals surface area contributed by atoms with E-state index < -0.39 is 16.1 Å². The molecule has 64 heavy (non-hydrogen) atoms. The third-order valence-corrected chi connectivity index (χ3v) is 11.8. The molecule has 0 aliphatic heterocycles. The highest BCUT2D eigenvalue weighted by Gasteiger charge is 2.13. The van der Waals surface area contributed by atoms with Crippen molar-refractivity contribution in [2.45, 2.75) is 130 Å². The van der Waals surface area contributed by atoms with Crippen molar-refractivity contribution in [1.82, 2.24) is 19.9 Å². The fourth-order valence-corrected chi connectivity index (χ4v) is 7.45. The Labute approximate surface area is 386 Å². The Bertz CT molecular complexity index is 2310. The summed E-state index contributed by atoms with van der Waals surface area (Å²) in [5.41, 5.74) is 13.6. The van der Waals surface area contributed by atoms with E-state index in [1.807, 2.05) is 60.7 Å². The van der Waals surface area contributed by atoms with E-state index in [1.165, 1.54) is 51.4 Å². The van der Waals surface area contributed by atoms with E-state index in [2.05, 4.69) is 120 Å². The predicted octanol–water partition coefficient (Wildman–Crippen LogP) is 13.3. The number of benzene rings is 3.